The zero-order chi connectivity index (χ0) is 12.7. The summed E-state index contributed by atoms with van der Waals surface area (Å²) in [5.74, 6) is 1.24. The highest BCUT2D eigenvalue weighted by Gasteiger charge is 2.33. The van der Waals surface area contributed by atoms with Crippen LogP contribution in [0.1, 0.15) is 85.0 Å². The van der Waals surface area contributed by atoms with Crippen molar-refractivity contribution in [3.8, 4) is 0 Å². The minimum atomic E-state index is -0.411. The highest BCUT2D eigenvalue weighted by Crippen LogP contribution is 2.36. The van der Waals surface area contributed by atoms with E-state index in [1.807, 2.05) is 0 Å². The first-order chi connectivity index (χ1) is 8.06. The van der Waals surface area contributed by atoms with Crippen LogP contribution in [-0.4, -0.2) is 10.7 Å². The van der Waals surface area contributed by atoms with Gasteiger partial charge in [-0.05, 0) is 38.0 Å². The first kappa shape index (κ1) is 15.0. The molecule has 2 unspecified atom stereocenters. The number of hydrogen-bond acceptors (Lipinski definition) is 1. The smallest absolute Gasteiger partial charge is 0.0650 e. The lowest BCUT2D eigenvalue weighted by Crippen LogP contribution is -2.37. The average molecular weight is 240 g/mol. The Kier molecular flexibility index (Phi) is 6.54. The first-order valence-electron chi connectivity index (χ1n) is 7.78. The third kappa shape index (κ3) is 5.42. The van der Waals surface area contributed by atoms with Crippen molar-refractivity contribution in [3.05, 3.63) is 0 Å². The van der Waals surface area contributed by atoms with E-state index in [1.54, 1.807) is 0 Å². The van der Waals surface area contributed by atoms with Gasteiger partial charge in [0, 0.05) is 0 Å². The van der Waals surface area contributed by atoms with Crippen LogP contribution in [0.3, 0.4) is 0 Å². The molecule has 0 spiro atoms. The Morgan fingerprint density at radius 3 is 2.41 bits per heavy atom. The number of aliphatic hydroxyl groups is 1. The molecule has 1 aliphatic carbocycles. The van der Waals surface area contributed by atoms with E-state index in [0.717, 1.165) is 6.42 Å². The largest absolute Gasteiger partial charge is 0.390 e. The van der Waals surface area contributed by atoms with Gasteiger partial charge >= 0.3 is 0 Å². The van der Waals surface area contributed by atoms with Crippen molar-refractivity contribution in [1.82, 2.24) is 0 Å². The maximum absolute atomic E-state index is 10.7. The van der Waals surface area contributed by atoms with E-state index in [-0.39, 0.29) is 0 Å². The molecule has 0 amide bonds. The summed E-state index contributed by atoms with van der Waals surface area (Å²) < 4.78 is 0. The van der Waals surface area contributed by atoms with Crippen molar-refractivity contribution in [2.24, 2.45) is 11.8 Å². The molecule has 1 N–H and O–H groups in total. The lowest BCUT2D eigenvalue weighted by Gasteiger charge is -2.37. The molecule has 1 heteroatoms. The monoisotopic (exact) mass is 240 g/mol. The molecule has 0 radical (unpaired) electrons. The minimum absolute atomic E-state index is 0.411. The highest BCUT2D eigenvalue weighted by molar-refractivity contribution is 4.85. The maximum Gasteiger partial charge on any atom is 0.0650 e. The van der Waals surface area contributed by atoms with Crippen LogP contribution in [0.15, 0.2) is 0 Å². The van der Waals surface area contributed by atoms with Crippen LogP contribution in [0.4, 0.5) is 0 Å². The van der Waals surface area contributed by atoms with Crippen LogP contribution in [0.25, 0.3) is 0 Å². The fraction of sp³-hybridized carbons (Fsp3) is 1.00. The van der Waals surface area contributed by atoms with Crippen molar-refractivity contribution in [3.63, 3.8) is 0 Å². The molecule has 0 aromatic heterocycles. The van der Waals surface area contributed by atoms with Crippen LogP contribution in [0.5, 0.6) is 0 Å². The molecule has 0 aliphatic heterocycles. The summed E-state index contributed by atoms with van der Waals surface area (Å²) >= 11 is 0. The van der Waals surface area contributed by atoms with Gasteiger partial charge < -0.3 is 5.11 Å². The van der Waals surface area contributed by atoms with Crippen LogP contribution >= 0.6 is 0 Å². The molecule has 17 heavy (non-hydrogen) atoms. The average Bonchev–Trinajstić information content (AvgIpc) is 2.30. The number of hydrogen-bond donors (Lipinski definition) is 1. The fourth-order valence-electron chi connectivity index (χ4n) is 3.44. The Balaban J connectivity index is 2.30. The molecule has 2 atom stereocenters. The fourth-order valence-corrected chi connectivity index (χ4v) is 3.44. The molecule has 0 aromatic rings. The van der Waals surface area contributed by atoms with Crippen LogP contribution in [-0.2, 0) is 0 Å². The van der Waals surface area contributed by atoms with Gasteiger partial charge in [-0.15, -0.1) is 0 Å². The second-order valence-electron chi connectivity index (χ2n) is 6.50. The van der Waals surface area contributed by atoms with E-state index >= 15 is 0 Å². The summed E-state index contributed by atoms with van der Waals surface area (Å²) in [5, 5.41) is 10.7. The SMILES string of the molecule is CCCCCC(C)CC(C)(O)C1CCCCC1. The predicted octanol–water partition coefficient (Wildman–Crippen LogP) is 4.92. The second-order valence-corrected chi connectivity index (χ2v) is 6.50. The summed E-state index contributed by atoms with van der Waals surface area (Å²) in [6.45, 7) is 6.65. The number of unbranched alkanes of at least 4 members (excludes halogenated alkanes) is 2. The van der Waals surface area contributed by atoms with E-state index in [9.17, 15) is 5.11 Å². The lowest BCUT2D eigenvalue weighted by atomic mass is 9.73. The molecule has 1 saturated carbocycles. The molecule has 1 fully saturated rings. The van der Waals surface area contributed by atoms with Crippen molar-refractivity contribution in [2.75, 3.05) is 0 Å². The summed E-state index contributed by atoms with van der Waals surface area (Å²) in [6.07, 6.45) is 12.8. The topological polar surface area (TPSA) is 20.2 Å². The van der Waals surface area contributed by atoms with Crippen LogP contribution in [0.2, 0.25) is 0 Å². The number of rotatable bonds is 7. The zero-order valence-electron chi connectivity index (χ0n) is 12.2. The quantitative estimate of drug-likeness (QED) is 0.626. The van der Waals surface area contributed by atoms with Gasteiger partial charge in [0.2, 0.25) is 0 Å². The molecule has 0 heterocycles. The van der Waals surface area contributed by atoms with Crippen LogP contribution < -0.4 is 0 Å². The molecule has 1 rings (SSSR count). The van der Waals surface area contributed by atoms with Gasteiger partial charge in [0.25, 0.3) is 0 Å². The highest BCUT2D eigenvalue weighted by atomic mass is 16.3. The predicted molar refractivity (Wildman–Crippen MR) is 75.1 cm³/mol. The van der Waals surface area contributed by atoms with Gasteiger partial charge in [-0.3, -0.25) is 0 Å². The van der Waals surface area contributed by atoms with E-state index in [0.29, 0.717) is 11.8 Å². The summed E-state index contributed by atoms with van der Waals surface area (Å²) in [7, 11) is 0. The zero-order valence-corrected chi connectivity index (χ0v) is 12.2. The van der Waals surface area contributed by atoms with E-state index < -0.39 is 5.60 Å². The Bertz CT molecular complexity index is 192. The third-order valence-corrected chi connectivity index (χ3v) is 4.55. The Morgan fingerprint density at radius 2 is 1.82 bits per heavy atom. The Morgan fingerprint density at radius 1 is 1.18 bits per heavy atom. The van der Waals surface area contributed by atoms with Gasteiger partial charge in [-0.2, -0.15) is 0 Å². The molecule has 1 aliphatic rings. The van der Waals surface area contributed by atoms with Gasteiger partial charge in [-0.1, -0.05) is 58.8 Å². The first-order valence-corrected chi connectivity index (χ1v) is 7.78. The molecular formula is C16H32O. The standard InChI is InChI=1S/C16H32O/c1-4-5-7-10-14(2)13-16(3,17)15-11-8-6-9-12-15/h14-15,17H,4-13H2,1-3H3. The van der Waals surface area contributed by atoms with E-state index in [1.165, 1.54) is 57.8 Å². The Hall–Kier alpha value is -0.0400. The van der Waals surface area contributed by atoms with E-state index in [2.05, 4.69) is 20.8 Å². The molecule has 102 valence electrons. The van der Waals surface area contributed by atoms with Crippen molar-refractivity contribution in [2.45, 2.75) is 90.6 Å². The maximum atomic E-state index is 10.7. The normalized spacial score (nSPS) is 23.3. The molecule has 0 aromatic carbocycles. The van der Waals surface area contributed by atoms with Crippen molar-refractivity contribution < 1.29 is 5.11 Å². The summed E-state index contributed by atoms with van der Waals surface area (Å²) in [6, 6.07) is 0. The minimum Gasteiger partial charge on any atom is -0.390 e. The summed E-state index contributed by atoms with van der Waals surface area (Å²) in [4.78, 5) is 0. The van der Waals surface area contributed by atoms with E-state index in [4.69, 9.17) is 0 Å². The second kappa shape index (κ2) is 7.41. The molecular weight excluding hydrogens is 208 g/mol. The molecule has 0 saturated heterocycles. The van der Waals surface area contributed by atoms with Gasteiger partial charge in [-0.25, -0.2) is 0 Å². The van der Waals surface area contributed by atoms with Crippen molar-refractivity contribution >= 4 is 0 Å². The van der Waals surface area contributed by atoms with Crippen molar-refractivity contribution in [1.29, 1.82) is 0 Å². The molecule has 1 nitrogen and oxygen atoms in total. The third-order valence-electron chi connectivity index (χ3n) is 4.55. The molecule has 0 bridgehead atoms. The Labute approximate surface area is 108 Å². The van der Waals surface area contributed by atoms with Gasteiger partial charge in [0.1, 0.15) is 0 Å². The van der Waals surface area contributed by atoms with Gasteiger partial charge in [0.15, 0.2) is 0 Å². The summed E-state index contributed by atoms with van der Waals surface area (Å²) in [5.41, 5.74) is -0.411. The lowest BCUT2D eigenvalue weighted by molar-refractivity contribution is -0.0352. The van der Waals surface area contributed by atoms with Crippen LogP contribution in [0, 0.1) is 11.8 Å². The van der Waals surface area contributed by atoms with Gasteiger partial charge in [0.05, 0.1) is 5.60 Å².